The van der Waals surface area contributed by atoms with E-state index in [0.717, 1.165) is 18.4 Å². The molecule has 0 spiro atoms. The van der Waals surface area contributed by atoms with E-state index in [0.29, 0.717) is 32.5 Å². The number of aliphatic carboxylic acids is 1. The monoisotopic (exact) mass is 313 g/mol. The molecule has 0 atom stereocenters. The summed E-state index contributed by atoms with van der Waals surface area (Å²) < 4.78 is 13.4. The van der Waals surface area contributed by atoms with Crippen molar-refractivity contribution >= 4 is 17.6 Å². The minimum absolute atomic E-state index is 0.168. The van der Waals surface area contributed by atoms with Crippen molar-refractivity contribution in [3.63, 3.8) is 0 Å². The van der Waals surface area contributed by atoms with E-state index in [9.17, 15) is 14.3 Å². The molecule has 1 heterocycles. The molecule has 0 saturated carbocycles. The minimum Gasteiger partial charge on any atom is -0.481 e. The van der Waals surface area contributed by atoms with Gasteiger partial charge >= 0.3 is 5.97 Å². The number of hydrogen-bond donors (Lipinski definition) is 1. The van der Waals surface area contributed by atoms with Crippen molar-refractivity contribution in [3.05, 3.63) is 34.6 Å². The fourth-order valence-corrected chi connectivity index (χ4v) is 3.29. The van der Waals surface area contributed by atoms with Gasteiger partial charge in [-0.1, -0.05) is 37.1 Å². The maximum Gasteiger partial charge on any atom is 0.309 e. The Morgan fingerprint density at radius 3 is 2.67 bits per heavy atom. The molecule has 0 amide bonds. The molecule has 0 aliphatic carbocycles. The third kappa shape index (κ3) is 3.55. The van der Waals surface area contributed by atoms with E-state index in [4.69, 9.17) is 11.6 Å². The Kier molecular flexibility index (Phi) is 5.22. The van der Waals surface area contributed by atoms with E-state index in [1.54, 1.807) is 6.07 Å². The highest BCUT2D eigenvalue weighted by Crippen LogP contribution is 2.37. The van der Waals surface area contributed by atoms with Gasteiger partial charge < -0.3 is 5.11 Å². The van der Waals surface area contributed by atoms with Crippen molar-refractivity contribution in [2.24, 2.45) is 5.41 Å². The number of benzene rings is 1. The molecule has 21 heavy (non-hydrogen) atoms. The van der Waals surface area contributed by atoms with Gasteiger partial charge in [0.2, 0.25) is 0 Å². The van der Waals surface area contributed by atoms with Gasteiger partial charge in [-0.2, -0.15) is 0 Å². The van der Waals surface area contributed by atoms with Crippen molar-refractivity contribution in [1.29, 1.82) is 0 Å². The summed E-state index contributed by atoms with van der Waals surface area (Å²) in [6, 6.07) is 4.81. The molecular weight excluding hydrogens is 293 g/mol. The summed E-state index contributed by atoms with van der Waals surface area (Å²) in [6.07, 6.45) is 2.88. The number of likely N-dealkylation sites (tertiary alicyclic amines) is 1. The van der Waals surface area contributed by atoms with E-state index < -0.39 is 17.2 Å². The van der Waals surface area contributed by atoms with Crippen molar-refractivity contribution in [2.75, 3.05) is 13.1 Å². The fraction of sp³-hybridized carbons (Fsp3) is 0.562. The average molecular weight is 314 g/mol. The second-order valence-electron chi connectivity index (χ2n) is 5.82. The van der Waals surface area contributed by atoms with Crippen LogP contribution in [0.5, 0.6) is 0 Å². The molecule has 5 heteroatoms. The number of nitrogens with zero attached hydrogens (tertiary/aromatic N) is 1. The average Bonchev–Trinajstić information content (AvgIpc) is 2.46. The van der Waals surface area contributed by atoms with Crippen molar-refractivity contribution in [2.45, 2.75) is 39.2 Å². The molecule has 0 bridgehead atoms. The molecule has 116 valence electrons. The molecule has 1 fully saturated rings. The number of carboxylic acids is 1. The number of carboxylic acid groups (broad SMARTS) is 1. The summed E-state index contributed by atoms with van der Waals surface area (Å²) in [5, 5.41) is 9.65. The summed E-state index contributed by atoms with van der Waals surface area (Å²) in [5.74, 6) is -1.09. The van der Waals surface area contributed by atoms with Crippen LogP contribution in [0, 0.1) is 11.2 Å². The van der Waals surface area contributed by atoms with Crippen LogP contribution in [0.1, 0.15) is 38.2 Å². The van der Waals surface area contributed by atoms with Gasteiger partial charge in [-0.15, -0.1) is 0 Å². The van der Waals surface area contributed by atoms with Gasteiger partial charge in [0, 0.05) is 6.54 Å². The normalized spacial score (nSPS) is 18.6. The first kappa shape index (κ1) is 16.2. The Morgan fingerprint density at radius 2 is 2.10 bits per heavy atom. The van der Waals surface area contributed by atoms with E-state index in [1.165, 1.54) is 6.07 Å². The van der Waals surface area contributed by atoms with Crippen molar-refractivity contribution in [1.82, 2.24) is 4.90 Å². The van der Waals surface area contributed by atoms with E-state index in [-0.39, 0.29) is 5.02 Å². The number of rotatable bonds is 5. The van der Waals surface area contributed by atoms with E-state index >= 15 is 0 Å². The first-order valence-electron chi connectivity index (χ1n) is 7.37. The summed E-state index contributed by atoms with van der Waals surface area (Å²) >= 11 is 5.97. The number of piperidine rings is 1. The number of halogens is 2. The lowest BCUT2D eigenvalue weighted by molar-refractivity contribution is -0.152. The first-order valence-corrected chi connectivity index (χ1v) is 7.75. The molecule has 1 N–H and O–H groups in total. The van der Waals surface area contributed by atoms with Gasteiger partial charge in [-0.05, 0) is 44.0 Å². The van der Waals surface area contributed by atoms with Crippen LogP contribution in [0.15, 0.2) is 18.2 Å². The van der Waals surface area contributed by atoms with Crippen LogP contribution in [0.3, 0.4) is 0 Å². The zero-order valence-electron chi connectivity index (χ0n) is 12.2. The third-order valence-corrected chi connectivity index (χ3v) is 4.84. The molecule has 0 aromatic heterocycles. The molecule has 1 aromatic carbocycles. The van der Waals surface area contributed by atoms with Crippen LogP contribution in [0.2, 0.25) is 5.02 Å². The Hall–Kier alpha value is -1.13. The Labute approximate surface area is 129 Å². The summed E-state index contributed by atoms with van der Waals surface area (Å²) in [6.45, 7) is 4.00. The highest BCUT2D eigenvalue weighted by atomic mass is 35.5. The zero-order valence-corrected chi connectivity index (χ0v) is 13.0. The third-order valence-electron chi connectivity index (χ3n) is 4.42. The topological polar surface area (TPSA) is 40.5 Å². The predicted octanol–water partition coefficient (Wildman–Crippen LogP) is 3.95. The fourth-order valence-electron chi connectivity index (χ4n) is 3.10. The van der Waals surface area contributed by atoms with Gasteiger partial charge in [-0.3, -0.25) is 9.69 Å². The van der Waals surface area contributed by atoms with Crippen molar-refractivity contribution in [3.8, 4) is 0 Å². The maximum absolute atomic E-state index is 13.4. The van der Waals surface area contributed by atoms with Crippen LogP contribution in [-0.4, -0.2) is 29.1 Å². The van der Waals surface area contributed by atoms with Crippen LogP contribution in [-0.2, 0) is 11.3 Å². The molecule has 0 unspecified atom stereocenters. The summed E-state index contributed by atoms with van der Waals surface area (Å²) in [4.78, 5) is 13.7. The van der Waals surface area contributed by atoms with Crippen LogP contribution < -0.4 is 0 Å². The van der Waals surface area contributed by atoms with Gasteiger partial charge in [-0.25, -0.2) is 4.39 Å². The zero-order chi connectivity index (χ0) is 15.5. The molecule has 1 aliphatic rings. The molecule has 1 aliphatic heterocycles. The standard InChI is InChI=1S/C16H21ClFNO2/c1-2-6-16(15(20)21)7-9-19(10-8-16)11-12-4-3-5-13(18)14(12)17/h3-5H,2,6-11H2,1H3,(H,20,21). The Balaban J connectivity index is 2.01. The minimum atomic E-state index is -0.687. The summed E-state index contributed by atoms with van der Waals surface area (Å²) in [7, 11) is 0. The lowest BCUT2D eigenvalue weighted by Gasteiger charge is -2.39. The largest absolute Gasteiger partial charge is 0.481 e. The molecular formula is C16H21ClFNO2. The summed E-state index contributed by atoms with van der Waals surface area (Å²) in [5.41, 5.74) is 0.173. The Morgan fingerprint density at radius 1 is 1.43 bits per heavy atom. The molecule has 3 nitrogen and oxygen atoms in total. The van der Waals surface area contributed by atoms with Gasteiger partial charge in [0.15, 0.2) is 0 Å². The van der Waals surface area contributed by atoms with E-state index in [1.807, 2.05) is 13.0 Å². The molecule has 2 rings (SSSR count). The first-order chi connectivity index (χ1) is 9.98. The van der Waals surface area contributed by atoms with Gasteiger partial charge in [0.1, 0.15) is 5.82 Å². The molecule has 1 aromatic rings. The van der Waals surface area contributed by atoms with Crippen LogP contribution in [0.25, 0.3) is 0 Å². The van der Waals surface area contributed by atoms with Crippen LogP contribution in [0.4, 0.5) is 4.39 Å². The lowest BCUT2D eigenvalue weighted by Crippen LogP contribution is -2.44. The lowest BCUT2D eigenvalue weighted by atomic mass is 9.75. The SMILES string of the molecule is CCCC1(C(=O)O)CCN(Cc2cccc(F)c2Cl)CC1. The quantitative estimate of drug-likeness (QED) is 0.895. The van der Waals surface area contributed by atoms with Gasteiger partial charge in [0.05, 0.1) is 10.4 Å². The Bertz CT molecular complexity index is 513. The van der Waals surface area contributed by atoms with Gasteiger partial charge in [0.25, 0.3) is 0 Å². The molecule has 1 saturated heterocycles. The number of hydrogen-bond acceptors (Lipinski definition) is 2. The highest BCUT2D eigenvalue weighted by molar-refractivity contribution is 6.31. The smallest absolute Gasteiger partial charge is 0.309 e. The van der Waals surface area contributed by atoms with Crippen molar-refractivity contribution < 1.29 is 14.3 Å². The second-order valence-corrected chi connectivity index (χ2v) is 6.20. The highest BCUT2D eigenvalue weighted by Gasteiger charge is 2.40. The van der Waals surface area contributed by atoms with Crippen LogP contribution >= 0.6 is 11.6 Å². The molecule has 0 radical (unpaired) electrons. The predicted molar refractivity (Wildman–Crippen MR) is 80.9 cm³/mol. The van der Waals surface area contributed by atoms with E-state index in [2.05, 4.69) is 4.90 Å². The maximum atomic E-state index is 13.4. The number of carbonyl (C=O) groups is 1. The second kappa shape index (κ2) is 6.75.